The fourth-order valence-electron chi connectivity index (χ4n) is 1.21. The first-order chi connectivity index (χ1) is 5.92. The molecule has 0 aromatic rings. The molecule has 0 saturated heterocycles. The molecule has 0 saturated carbocycles. The van der Waals surface area contributed by atoms with E-state index in [2.05, 4.69) is 26.7 Å². The lowest BCUT2D eigenvalue weighted by atomic mass is 10.1. The number of carboxylic acid groups (broad SMARTS) is 1. The van der Waals surface area contributed by atoms with Gasteiger partial charge in [-0.25, -0.2) is 10.9 Å². The molecule has 1 rings (SSSR count). The van der Waals surface area contributed by atoms with Crippen LogP contribution in [0.2, 0.25) is 0 Å². The molecule has 0 aromatic heterocycles. The van der Waals surface area contributed by atoms with Gasteiger partial charge in [0.1, 0.15) is 0 Å². The number of thiol groups is 1. The van der Waals surface area contributed by atoms with Gasteiger partial charge in [-0.3, -0.25) is 4.79 Å². The first-order valence-electron chi connectivity index (χ1n) is 3.97. The highest BCUT2D eigenvalue weighted by molar-refractivity contribution is 9.12. The average molecular weight is 265 g/mol. The summed E-state index contributed by atoms with van der Waals surface area (Å²) < 4.78 is 0.921. The molecule has 13 heavy (non-hydrogen) atoms. The quantitative estimate of drug-likeness (QED) is 0.770. The zero-order chi connectivity index (χ0) is 10.1. The Kier molecular flexibility index (Phi) is 3.24. The van der Waals surface area contributed by atoms with Gasteiger partial charge in [-0.1, -0.05) is 29.8 Å². The molecule has 0 aromatic carbocycles. The Hall–Kier alpha value is -0.220. The minimum Gasteiger partial charge on any atom is -0.481 e. The van der Waals surface area contributed by atoms with Gasteiger partial charge >= 0.3 is 5.97 Å². The van der Waals surface area contributed by atoms with E-state index in [-0.39, 0.29) is 11.2 Å². The normalized spacial score (nSPS) is 24.5. The number of allylic oxidation sites excluding steroid dienone is 2. The Labute approximate surface area is 89.2 Å². The maximum atomic E-state index is 10.6. The number of halogens is 1. The second-order valence-corrected chi connectivity index (χ2v) is 7.12. The largest absolute Gasteiger partial charge is 0.481 e. The number of hydrogen-bond donors (Lipinski definition) is 2. The highest BCUT2D eigenvalue weighted by Crippen LogP contribution is 2.50. The number of rotatable bonds is 3. The Bertz CT molecular complexity index is 281. The van der Waals surface area contributed by atoms with Crippen molar-refractivity contribution in [3.05, 3.63) is 21.4 Å². The highest BCUT2D eigenvalue weighted by Gasteiger charge is 2.27. The molecule has 1 unspecified atom stereocenters. The molecule has 1 N–H and O–H groups in total. The fourth-order valence-corrected chi connectivity index (χ4v) is 4.04. The van der Waals surface area contributed by atoms with Crippen LogP contribution in [-0.4, -0.2) is 15.8 Å². The Morgan fingerprint density at radius 1 is 1.69 bits per heavy atom. The Morgan fingerprint density at radius 3 is 2.69 bits per heavy atom. The number of carbonyl (C=O) groups is 1. The van der Waals surface area contributed by atoms with E-state index < -0.39 is 16.9 Å². The van der Waals surface area contributed by atoms with E-state index in [4.69, 9.17) is 5.11 Å². The van der Waals surface area contributed by atoms with Crippen molar-refractivity contribution in [3.8, 4) is 0 Å². The standard InChI is InChI=1S/C9H13BrO2S/c1-9(2,5-8(11)12)13-4-3-7(10)6-13/h3-4,6,13H,5H2,1-2H3,(H,11,12). The molecule has 1 aliphatic heterocycles. The van der Waals surface area contributed by atoms with E-state index in [1.807, 2.05) is 19.9 Å². The van der Waals surface area contributed by atoms with Gasteiger partial charge in [0.2, 0.25) is 0 Å². The van der Waals surface area contributed by atoms with Crippen LogP contribution < -0.4 is 0 Å². The summed E-state index contributed by atoms with van der Waals surface area (Å²) in [6.45, 7) is 4.00. The maximum Gasteiger partial charge on any atom is 0.304 e. The number of aliphatic carboxylic acids is 1. The van der Waals surface area contributed by atoms with Crippen LogP contribution in [0.25, 0.3) is 0 Å². The van der Waals surface area contributed by atoms with E-state index in [0.717, 1.165) is 4.48 Å². The van der Waals surface area contributed by atoms with Gasteiger partial charge in [0.25, 0.3) is 0 Å². The van der Waals surface area contributed by atoms with Gasteiger partial charge in [-0.15, -0.1) is 0 Å². The van der Waals surface area contributed by atoms with Gasteiger partial charge in [-0.05, 0) is 16.9 Å². The lowest BCUT2D eigenvalue weighted by Crippen LogP contribution is -2.22. The first kappa shape index (κ1) is 10.9. The van der Waals surface area contributed by atoms with Crippen LogP contribution in [0, 0.1) is 0 Å². The van der Waals surface area contributed by atoms with Crippen molar-refractivity contribution in [2.45, 2.75) is 25.0 Å². The van der Waals surface area contributed by atoms with Crippen LogP contribution in [0.4, 0.5) is 0 Å². The van der Waals surface area contributed by atoms with Crippen LogP contribution in [-0.2, 0) is 4.79 Å². The van der Waals surface area contributed by atoms with E-state index in [1.54, 1.807) is 0 Å². The molecule has 1 aliphatic rings. The molecular weight excluding hydrogens is 252 g/mol. The minimum atomic E-state index is -0.725. The molecule has 4 heteroatoms. The zero-order valence-corrected chi connectivity index (χ0v) is 10.1. The van der Waals surface area contributed by atoms with Crippen LogP contribution in [0.1, 0.15) is 20.3 Å². The molecule has 0 spiro atoms. The molecule has 0 aliphatic carbocycles. The molecule has 1 heterocycles. The van der Waals surface area contributed by atoms with Crippen LogP contribution in [0.3, 0.4) is 0 Å². The van der Waals surface area contributed by atoms with Crippen molar-refractivity contribution in [2.75, 3.05) is 0 Å². The molecule has 2 nitrogen and oxygen atoms in total. The lowest BCUT2D eigenvalue weighted by Gasteiger charge is -2.30. The third-order valence-electron chi connectivity index (χ3n) is 1.94. The van der Waals surface area contributed by atoms with Crippen molar-refractivity contribution in [1.29, 1.82) is 0 Å². The van der Waals surface area contributed by atoms with Crippen LogP contribution in [0.15, 0.2) is 21.4 Å². The van der Waals surface area contributed by atoms with Gasteiger partial charge in [0, 0.05) is 9.23 Å². The van der Waals surface area contributed by atoms with Gasteiger partial charge in [0.05, 0.1) is 6.42 Å². The van der Waals surface area contributed by atoms with Gasteiger partial charge < -0.3 is 5.11 Å². The Balaban J connectivity index is 2.71. The summed E-state index contributed by atoms with van der Waals surface area (Å²) in [4.78, 5) is 10.6. The monoisotopic (exact) mass is 264 g/mol. The second kappa shape index (κ2) is 3.88. The molecule has 0 bridgehead atoms. The van der Waals surface area contributed by atoms with Crippen LogP contribution >= 0.6 is 26.8 Å². The summed E-state index contributed by atoms with van der Waals surface area (Å²) in [5.74, 6) is -0.725. The third kappa shape index (κ3) is 2.88. The Morgan fingerprint density at radius 2 is 2.31 bits per heavy atom. The molecule has 74 valence electrons. The van der Waals surface area contributed by atoms with E-state index in [0.29, 0.717) is 0 Å². The maximum absolute atomic E-state index is 10.6. The number of hydrogen-bond acceptors (Lipinski definition) is 1. The van der Waals surface area contributed by atoms with Crippen molar-refractivity contribution < 1.29 is 9.90 Å². The third-order valence-corrected chi connectivity index (χ3v) is 5.37. The predicted octanol–water partition coefficient (Wildman–Crippen LogP) is 3.00. The number of carboxylic acids is 1. The summed E-state index contributed by atoms with van der Waals surface area (Å²) in [5, 5.41) is 12.9. The predicted molar refractivity (Wildman–Crippen MR) is 61.5 cm³/mol. The molecule has 0 radical (unpaired) electrons. The topological polar surface area (TPSA) is 37.3 Å². The SMILES string of the molecule is CC(C)(CC(=O)O)[SH]1C=CC(Br)=C1. The summed E-state index contributed by atoms with van der Waals surface area (Å²) in [5.41, 5.74) is 0. The van der Waals surface area contributed by atoms with E-state index in [1.165, 1.54) is 0 Å². The molecule has 0 fully saturated rings. The summed E-state index contributed by atoms with van der Waals surface area (Å²) in [7, 11) is -0.431. The molecular formula is C9H13BrO2S. The zero-order valence-electron chi connectivity index (χ0n) is 7.62. The lowest BCUT2D eigenvalue weighted by molar-refractivity contribution is -0.137. The van der Waals surface area contributed by atoms with Crippen molar-refractivity contribution in [2.24, 2.45) is 0 Å². The van der Waals surface area contributed by atoms with Crippen molar-refractivity contribution in [3.63, 3.8) is 0 Å². The van der Waals surface area contributed by atoms with Crippen molar-refractivity contribution >= 4 is 32.8 Å². The van der Waals surface area contributed by atoms with Crippen LogP contribution in [0.5, 0.6) is 0 Å². The summed E-state index contributed by atoms with van der Waals surface area (Å²) >= 11 is 3.38. The smallest absolute Gasteiger partial charge is 0.304 e. The average Bonchev–Trinajstić information content (AvgIpc) is 2.32. The second-order valence-electron chi connectivity index (χ2n) is 3.62. The molecule has 1 atom stereocenters. The van der Waals surface area contributed by atoms with Crippen molar-refractivity contribution in [1.82, 2.24) is 0 Å². The molecule has 0 amide bonds. The highest BCUT2D eigenvalue weighted by atomic mass is 79.9. The summed E-state index contributed by atoms with van der Waals surface area (Å²) in [6, 6.07) is 0. The van der Waals surface area contributed by atoms with Gasteiger partial charge in [0.15, 0.2) is 0 Å². The fraction of sp³-hybridized carbons (Fsp3) is 0.444. The minimum absolute atomic E-state index is 0.146. The summed E-state index contributed by atoms with van der Waals surface area (Å²) in [6.07, 6.45) is 2.22. The van der Waals surface area contributed by atoms with E-state index in [9.17, 15) is 4.79 Å². The van der Waals surface area contributed by atoms with Gasteiger partial charge in [-0.2, -0.15) is 0 Å². The van der Waals surface area contributed by atoms with E-state index >= 15 is 0 Å². The first-order valence-corrected chi connectivity index (χ1v) is 6.25.